The second-order valence-electron chi connectivity index (χ2n) is 6.96. The first kappa shape index (κ1) is 15.9. The number of hydrogen-bond donors (Lipinski definition) is 2. The topological polar surface area (TPSA) is 83.3 Å². The number of carbonyl (C=O) groups excluding carboxylic acids is 1. The average molecular weight is 361 g/mol. The van der Waals surface area contributed by atoms with E-state index in [1.165, 1.54) is 0 Å². The zero-order valence-electron chi connectivity index (χ0n) is 14.7. The largest absolute Gasteiger partial charge is 0.369 e. The molecule has 1 fully saturated rings. The third-order valence-electron chi connectivity index (χ3n) is 5.32. The van der Waals surface area contributed by atoms with Crippen molar-refractivity contribution in [2.45, 2.75) is 18.4 Å². The minimum Gasteiger partial charge on any atom is -0.369 e. The van der Waals surface area contributed by atoms with E-state index in [-0.39, 0.29) is 5.91 Å². The van der Waals surface area contributed by atoms with Gasteiger partial charge in [0.25, 0.3) is 11.8 Å². The molecule has 1 spiro atoms. The van der Waals surface area contributed by atoms with Crippen LogP contribution in [0.4, 0.5) is 17.3 Å². The van der Waals surface area contributed by atoms with E-state index < -0.39 is 5.54 Å². The van der Waals surface area contributed by atoms with Crippen molar-refractivity contribution >= 4 is 23.2 Å². The third kappa shape index (κ3) is 2.71. The van der Waals surface area contributed by atoms with E-state index in [2.05, 4.69) is 25.7 Å². The van der Waals surface area contributed by atoms with Crippen LogP contribution < -0.4 is 15.5 Å². The lowest BCUT2D eigenvalue weighted by atomic mass is 9.84. The van der Waals surface area contributed by atoms with Gasteiger partial charge in [-0.05, 0) is 42.3 Å². The highest BCUT2D eigenvalue weighted by molar-refractivity contribution is 6.06. The van der Waals surface area contributed by atoms with Gasteiger partial charge < -0.3 is 20.1 Å². The van der Waals surface area contributed by atoms with Crippen LogP contribution in [0.1, 0.15) is 12.8 Å². The molecule has 5 rings (SSSR count). The van der Waals surface area contributed by atoms with Crippen molar-refractivity contribution in [3.63, 3.8) is 0 Å². The van der Waals surface area contributed by atoms with E-state index in [9.17, 15) is 4.79 Å². The van der Waals surface area contributed by atoms with Gasteiger partial charge in [-0.1, -0.05) is 30.3 Å². The number of amides is 1. The third-order valence-corrected chi connectivity index (χ3v) is 5.32. The lowest BCUT2D eigenvalue weighted by Gasteiger charge is -2.44. The minimum absolute atomic E-state index is 0.0268. The molecule has 2 aliphatic rings. The molecule has 0 radical (unpaired) electrons. The molecule has 0 bridgehead atoms. The molecular formula is C20H19N5O2. The highest BCUT2D eigenvalue weighted by atomic mass is 16.5. The summed E-state index contributed by atoms with van der Waals surface area (Å²) in [5.74, 6) is 1.10. The maximum absolute atomic E-state index is 12.7. The number of aromatic nitrogens is 2. The summed E-state index contributed by atoms with van der Waals surface area (Å²) in [6.07, 6.45) is 1.34. The Morgan fingerprint density at radius 2 is 1.67 bits per heavy atom. The number of rotatable bonds is 2. The van der Waals surface area contributed by atoms with Crippen molar-refractivity contribution in [3.05, 3.63) is 54.6 Å². The Hall–Kier alpha value is -3.35. The number of carbonyl (C=O) groups is 1. The molecule has 7 heteroatoms. The van der Waals surface area contributed by atoms with Gasteiger partial charge >= 0.3 is 0 Å². The molecule has 0 unspecified atom stereocenters. The fraction of sp³-hybridized carbons (Fsp3) is 0.250. The highest BCUT2D eigenvalue weighted by Gasteiger charge is 2.44. The number of para-hydroxylation sites is 2. The van der Waals surface area contributed by atoms with Crippen LogP contribution in [-0.2, 0) is 4.79 Å². The number of fused-ring (bicyclic) bond motifs is 1. The average Bonchev–Trinajstić information content (AvgIpc) is 3.20. The van der Waals surface area contributed by atoms with Crippen LogP contribution >= 0.6 is 0 Å². The number of nitrogens with one attached hydrogen (secondary N) is 2. The molecular weight excluding hydrogens is 342 g/mol. The monoisotopic (exact) mass is 361 g/mol. The van der Waals surface area contributed by atoms with Gasteiger partial charge in [0.15, 0.2) is 0 Å². The van der Waals surface area contributed by atoms with Gasteiger partial charge in [0, 0.05) is 18.7 Å². The fourth-order valence-electron chi connectivity index (χ4n) is 3.74. The van der Waals surface area contributed by atoms with E-state index >= 15 is 0 Å². The minimum atomic E-state index is -0.586. The Morgan fingerprint density at radius 1 is 0.963 bits per heavy atom. The van der Waals surface area contributed by atoms with Gasteiger partial charge in [-0.3, -0.25) is 4.79 Å². The van der Waals surface area contributed by atoms with Crippen molar-refractivity contribution in [3.8, 4) is 11.5 Å². The molecule has 3 aromatic rings. The van der Waals surface area contributed by atoms with Gasteiger partial charge in [-0.25, -0.2) is 0 Å². The predicted molar refractivity (Wildman–Crippen MR) is 103 cm³/mol. The van der Waals surface area contributed by atoms with E-state index in [1.54, 1.807) is 0 Å². The molecule has 2 N–H and O–H groups in total. The van der Waals surface area contributed by atoms with Crippen molar-refractivity contribution in [2.75, 3.05) is 28.6 Å². The summed E-state index contributed by atoms with van der Waals surface area (Å²) >= 11 is 0. The molecule has 2 aliphatic heterocycles. The van der Waals surface area contributed by atoms with Crippen LogP contribution in [0.3, 0.4) is 0 Å². The second-order valence-corrected chi connectivity index (χ2v) is 6.96. The van der Waals surface area contributed by atoms with Crippen molar-refractivity contribution in [1.82, 2.24) is 10.1 Å². The highest BCUT2D eigenvalue weighted by Crippen LogP contribution is 2.37. The van der Waals surface area contributed by atoms with Crippen LogP contribution in [0.15, 0.2) is 59.1 Å². The molecule has 1 saturated heterocycles. The van der Waals surface area contributed by atoms with Gasteiger partial charge in [0.05, 0.1) is 11.4 Å². The van der Waals surface area contributed by atoms with Crippen LogP contribution in [0.5, 0.6) is 0 Å². The SMILES string of the molecule is O=C1Nc2ccccc2NC12CCN(c1noc(-c3ccccc3)n1)CC2. The first-order valence-electron chi connectivity index (χ1n) is 9.06. The molecule has 3 heterocycles. The smallest absolute Gasteiger partial charge is 0.266 e. The Kier molecular flexibility index (Phi) is 3.60. The molecule has 1 amide bonds. The lowest BCUT2D eigenvalue weighted by molar-refractivity contribution is -0.121. The summed E-state index contributed by atoms with van der Waals surface area (Å²) in [5, 5.41) is 10.6. The molecule has 27 heavy (non-hydrogen) atoms. The maximum atomic E-state index is 12.7. The molecule has 0 aliphatic carbocycles. The first-order valence-corrected chi connectivity index (χ1v) is 9.06. The van der Waals surface area contributed by atoms with Crippen LogP contribution in [-0.4, -0.2) is 34.7 Å². The first-order chi connectivity index (χ1) is 13.2. The summed E-state index contributed by atoms with van der Waals surface area (Å²) in [5.41, 5.74) is 2.11. The van der Waals surface area contributed by atoms with Crippen molar-refractivity contribution in [2.24, 2.45) is 0 Å². The molecule has 2 aromatic carbocycles. The van der Waals surface area contributed by atoms with Gasteiger partial charge in [0.2, 0.25) is 5.91 Å². The molecule has 1 aromatic heterocycles. The zero-order chi connectivity index (χ0) is 18.3. The quantitative estimate of drug-likeness (QED) is 0.730. The number of piperidine rings is 1. The predicted octanol–water partition coefficient (Wildman–Crippen LogP) is 3.14. The molecule has 0 saturated carbocycles. The standard InChI is InChI=1S/C20H19N5O2/c26-18-20(23-16-9-5-4-8-15(16)21-18)10-12-25(13-11-20)19-22-17(27-24-19)14-6-2-1-3-7-14/h1-9,23H,10-13H2,(H,21,26). The van der Waals surface area contributed by atoms with E-state index in [1.807, 2.05) is 54.6 Å². The van der Waals surface area contributed by atoms with Gasteiger partial charge in [0.1, 0.15) is 5.54 Å². The summed E-state index contributed by atoms with van der Waals surface area (Å²) in [6.45, 7) is 1.35. The Balaban J connectivity index is 1.32. The van der Waals surface area contributed by atoms with E-state index in [0.29, 0.717) is 37.8 Å². The van der Waals surface area contributed by atoms with Crippen LogP contribution in [0.2, 0.25) is 0 Å². The summed E-state index contributed by atoms with van der Waals surface area (Å²) < 4.78 is 5.41. The zero-order valence-corrected chi connectivity index (χ0v) is 14.7. The normalized spacial score (nSPS) is 17.9. The number of anilines is 3. The van der Waals surface area contributed by atoms with Crippen molar-refractivity contribution < 1.29 is 9.32 Å². The molecule has 0 atom stereocenters. The molecule has 7 nitrogen and oxygen atoms in total. The number of nitrogens with zero attached hydrogens (tertiary/aromatic N) is 3. The lowest BCUT2D eigenvalue weighted by Crippen LogP contribution is -2.58. The Labute approximate surface area is 156 Å². The molecule has 136 valence electrons. The summed E-state index contributed by atoms with van der Waals surface area (Å²) in [6, 6.07) is 17.5. The van der Waals surface area contributed by atoms with Gasteiger partial charge in [-0.2, -0.15) is 4.98 Å². The number of benzene rings is 2. The van der Waals surface area contributed by atoms with Gasteiger partial charge in [-0.15, -0.1) is 0 Å². The van der Waals surface area contributed by atoms with E-state index in [4.69, 9.17) is 4.52 Å². The van der Waals surface area contributed by atoms with Crippen LogP contribution in [0.25, 0.3) is 11.5 Å². The number of hydrogen-bond acceptors (Lipinski definition) is 6. The van der Waals surface area contributed by atoms with Crippen molar-refractivity contribution in [1.29, 1.82) is 0 Å². The maximum Gasteiger partial charge on any atom is 0.266 e. The van der Waals surface area contributed by atoms with E-state index in [0.717, 1.165) is 16.9 Å². The fourth-order valence-corrected chi connectivity index (χ4v) is 3.74. The summed E-state index contributed by atoms with van der Waals surface area (Å²) in [4.78, 5) is 19.3. The Morgan fingerprint density at radius 3 is 2.44 bits per heavy atom. The summed E-state index contributed by atoms with van der Waals surface area (Å²) in [7, 11) is 0. The second kappa shape index (κ2) is 6.12. The Bertz CT molecular complexity index is 977. The van der Waals surface area contributed by atoms with Crippen LogP contribution in [0, 0.1) is 0 Å².